The number of carboxylic acids is 1. The highest BCUT2D eigenvalue weighted by atomic mass is 16.4. The molecule has 0 spiro atoms. The van der Waals surface area contributed by atoms with Gasteiger partial charge in [0, 0.05) is 25.9 Å². The summed E-state index contributed by atoms with van der Waals surface area (Å²) < 4.78 is 1.73. The van der Waals surface area contributed by atoms with Crippen molar-refractivity contribution in [1.82, 2.24) is 14.7 Å². The number of fused-ring (bicyclic) bond motifs is 1. The van der Waals surface area contributed by atoms with Gasteiger partial charge in [-0.05, 0) is 11.6 Å². The highest BCUT2D eigenvalue weighted by Crippen LogP contribution is 2.19. The molecule has 3 aromatic rings. The molecule has 0 bridgehead atoms. The van der Waals surface area contributed by atoms with Gasteiger partial charge in [-0.1, -0.05) is 48.5 Å². The van der Waals surface area contributed by atoms with Crippen molar-refractivity contribution in [2.45, 2.75) is 18.9 Å². The van der Waals surface area contributed by atoms with Crippen molar-refractivity contribution in [2.24, 2.45) is 7.05 Å². The molecule has 1 unspecified atom stereocenters. The number of carbonyl (C=O) groups excluding carboxylic acids is 1. The number of aromatic nitrogens is 2. The third kappa shape index (κ3) is 3.59. The number of hydrogen-bond acceptors (Lipinski definition) is 3. The van der Waals surface area contributed by atoms with Crippen molar-refractivity contribution in [3.05, 3.63) is 65.9 Å². The highest BCUT2D eigenvalue weighted by Gasteiger charge is 2.27. The van der Waals surface area contributed by atoms with Crippen LogP contribution in [0.15, 0.2) is 54.6 Å². The fourth-order valence-corrected chi connectivity index (χ4v) is 3.09. The molecule has 0 saturated carbocycles. The second kappa shape index (κ2) is 7.39. The Hall–Kier alpha value is -3.15. The van der Waals surface area contributed by atoms with E-state index in [0.717, 1.165) is 16.5 Å². The molecule has 1 heterocycles. The lowest BCUT2D eigenvalue weighted by atomic mass is 10.0. The molecule has 6 heteroatoms. The van der Waals surface area contributed by atoms with Gasteiger partial charge in [0.2, 0.25) is 5.91 Å². The van der Waals surface area contributed by atoms with E-state index < -0.39 is 12.0 Å². The fraction of sp³-hybridized carbons (Fsp3) is 0.250. The van der Waals surface area contributed by atoms with Gasteiger partial charge in [-0.3, -0.25) is 9.48 Å². The molecule has 0 radical (unpaired) electrons. The van der Waals surface area contributed by atoms with Crippen molar-refractivity contribution in [3.8, 4) is 0 Å². The van der Waals surface area contributed by atoms with E-state index in [1.165, 1.54) is 11.9 Å². The Kier molecular flexibility index (Phi) is 5.02. The van der Waals surface area contributed by atoms with Crippen LogP contribution in [0.1, 0.15) is 11.3 Å². The zero-order valence-electron chi connectivity index (χ0n) is 14.8. The maximum Gasteiger partial charge on any atom is 0.326 e. The molecule has 0 aliphatic carbocycles. The molecule has 1 amide bonds. The molecule has 0 aliphatic heterocycles. The summed E-state index contributed by atoms with van der Waals surface area (Å²) >= 11 is 0. The van der Waals surface area contributed by atoms with Crippen LogP contribution in [0.4, 0.5) is 0 Å². The van der Waals surface area contributed by atoms with Gasteiger partial charge < -0.3 is 10.0 Å². The van der Waals surface area contributed by atoms with Crippen LogP contribution in [0.25, 0.3) is 10.9 Å². The van der Waals surface area contributed by atoms with Gasteiger partial charge >= 0.3 is 5.97 Å². The number of aryl methyl sites for hydroxylation is 1. The first-order valence-electron chi connectivity index (χ1n) is 8.40. The van der Waals surface area contributed by atoms with Gasteiger partial charge in [0.15, 0.2) is 0 Å². The van der Waals surface area contributed by atoms with Crippen LogP contribution in [-0.2, 0) is 29.5 Å². The first-order chi connectivity index (χ1) is 12.5. The first kappa shape index (κ1) is 17.7. The van der Waals surface area contributed by atoms with Gasteiger partial charge in [0.25, 0.3) is 0 Å². The molecule has 0 fully saturated rings. The van der Waals surface area contributed by atoms with E-state index in [2.05, 4.69) is 5.10 Å². The van der Waals surface area contributed by atoms with E-state index in [1.54, 1.807) is 4.68 Å². The molecular weight excluding hydrogens is 330 g/mol. The quantitative estimate of drug-likeness (QED) is 0.739. The monoisotopic (exact) mass is 351 g/mol. The fourth-order valence-electron chi connectivity index (χ4n) is 3.09. The minimum absolute atomic E-state index is 0.0659. The van der Waals surface area contributed by atoms with Crippen LogP contribution in [0, 0.1) is 0 Å². The molecule has 1 atom stereocenters. The average Bonchev–Trinajstić information content (AvgIpc) is 2.96. The smallest absolute Gasteiger partial charge is 0.326 e. The maximum atomic E-state index is 12.7. The van der Waals surface area contributed by atoms with Crippen LogP contribution in [0.5, 0.6) is 0 Å². The van der Waals surface area contributed by atoms with Crippen molar-refractivity contribution in [2.75, 3.05) is 7.05 Å². The summed E-state index contributed by atoms with van der Waals surface area (Å²) in [5.41, 5.74) is 2.48. The Morgan fingerprint density at radius 1 is 1.12 bits per heavy atom. The minimum atomic E-state index is -1.02. The van der Waals surface area contributed by atoms with Crippen LogP contribution < -0.4 is 0 Å². The zero-order valence-corrected chi connectivity index (χ0v) is 14.8. The summed E-state index contributed by atoms with van der Waals surface area (Å²) in [6.45, 7) is 0. The normalized spacial score (nSPS) is 12.1. The summed E-state index contributed by atoms with van der Waals surface area (Å²) in [4.78, 5) is 25.7. The number of likely N-dealkylation sites (N-methyl/N-ethyl adjacent to an activating group) is 1. The largest absolute Gasteiger partial charge is 0.480 e. The Balaban J connectivity index is 1.79. The third-order valence-electron chi connectivity index (χ3n) is 4.57. The number of hydrogen-bond donors (Lipinski definition) is 1. The van der Waals surface area contributed by atoms with Crippen molar-refractivity contribution >= 4 is 22.8 Å². The van der Waals surface area contributed by atoms with Crippen molar-refractivity contribution in [3.63, 3.8) is 0 Å². The predicted octanol–water partition coefficient (Wildman–Crippen LogP) is 2.27. The summed E-state index contributed by atoms with van der Waals surface area (Å²) in [5, 5.41) is 14.9. The molecular formula is C20H21N3O3. The molecule has 0 aliphatic rings. The van der Waals surface area contributed by atoms with Crippen LogP contribution >= 0.6 is 0 Å². The van der Waals surface area contributed by atoms with E-state index in [1.807, 2.05) is 61.6 Å². The summed E-state index contributed by atoms with van der Waals surface area (Å²) in [6.07, 6.45) is 0.331. The van der Waals surface area contributed by atoms with Crippen LogP contribution in [0.3, 0.4) is 0 Å². The standard InChI is InChI=1S/C20H21N3O3/c1-22(18(20(25)26)12-14-8-4-3-5-9-14)19(24)13-16-15-10-6-7-11-17(15)23(2)21-16/h3-11,18H,12-13H2,1-2H3,(H,25,26). The number of nitrogens with zero attached hydrogens (tertiary/aromatic N) is 3. The number of para-hydroxylation sites is 1. The second-order valence-electron chi connectivity index (χ2n) is 6.31. The number of aliphatic carboxylic acids is 1. The summed E-state index contributed by atoms with van der Waals surface area (Å²) in [6, 6.07) is 16.1. The summed E-state index contributed by atoms with van der Waals surface area (Å²) in [7, 11) is 3.37. The predicted molar refractivity (Wildman–Crippen MR) is 98.8 cm³/mol. The molecule has 0 saturated heterocycles. The van der Waals surface area contributed by atoms with Crippen LogP contribution in [0.2, 0.25) is 0 Å². The van der Waals surface area contributed by atoms with Gasteiger partial charge in [-0.2, -0.15) is 5.10 Å². The van der Waals surface area contributed by atoms with E-state index in [0.29, 0.717) is 5.69 Å². The highest BCUT2D eigenvalue weighted by molar-refractivity contribution is 5.89. The first-order valence-corrected chi connectivity index (χ1v) is 8.40. The zero-order chi connectivity index (χ0) is 18.7. The van der Waals surface area contributed by atoms with Gasteiger partial charge in [0.05, 0.1) is 17.6 Å². The van der Waals surface area contributed by atoms with E-state index in [4.69, 9.17) is 0 Å². The Morgan fingerprint density at radius 3 is 2.46 bits per heavy atom. The van der Waals surface area contributed by atoms with Gasteiger partial charge in [-0.15, -0.1) is 0 Å². The Bertz CT molecular complexity index is 934. The maximum absolute atomic E-state index is 12.7. The molecule has 134 valence electrons. The van der Waals surface area contributed by atoms with E-state index >= 15 is 0 Å². The molecule has 1 aromatic heterocycles. The number of rotatable bonds is 6. The summed E-state index contributed by atoms with van der Waals surface area (Å²) in [5.74, 6) is -1.28. The molecule has 26 heavy (non-hydrogen) atoms. The third-order valence-corrected chi connectivity index (χ3v) is 4.57. The minimum Gasteiger partial charge on any atom is -0.480 e. The number of benzene rings is 2. The number of carboxylic acid groups (broad SMARTS) is 1. The van der Waals surface area contributed by atoms with Gasteiger partial charge in [-0.25, -0.2) is 4.79 Å². The molecule has 1 N–H and O–H groups in total. The number of carbonyl (C=O) groups is 2. The van der Waals surface area contributed by atoms with Crippen LogP contribution in [-0.4, -0.2) is 44.8 Å². The number of amides is 1. The topological polar surface area (TPSA) is 75.4 Å². The second-order valence-corrected chi connectivity index (χ2v) is 6.31. The molecule has 3 rings (SSSR count). The lowest BCUT2D eigenvalue weighted by Gasteiger charge is -2.25. The average molecular weight is 351 g/mol. The van der Waals surface area contributed by atoms with Crippen molar-refractivity contribution < 1.29 is 14.7 Å². The molecule has 2 aromatic carbocycles. The lowest BCUT2D eigenvalue weighted by Crippen LogP contribution is -2.44. The van der Waals surface area contributed by atoms with Crippen molar-refractivity contribution in [1.29, 1.82) is 0 Å². The lowest BCUT2D eigenvalue weighted by molar-refractivity contribution is -0.148. The van der Waals surface area contributed by atoms with E-state index in [-0.39, 0.29) is 18.7 Å². The van der Waals surface area contributed by atoms with Gasteiger partial charge in [0.1, 0.15) is 6.04 Å². The molecule has 6 nitrogen and oxygen atoms in total. The SMILES string of the molecule is CN(C(=O)Cc1nn(C)c2ccccc12)C(Cc1ccccc1)C(=O)O. The van der Waals surface area contributed by atoms with E-state index in [9.17, 15) is 14.7 Å². The Morgan fingerprint density at radius 2 is 1.77 bits per heavy atom. The Labute approximate surface area is 151 Å².